The van der Waals surface area contributed by atoms with E-state index >= 15 is 0 Å². The fourth-order valence-electron chi connectivity index (χ4n) is 2.69. The molecule has 2 rings (SSSR count). The van der Waals surface area contributed by atoms with E-state index in [1.807, 2.05) is 20.8 Å². The van der Waals surface area contributed by atoms with Crippen molar-refractivity contribution in [3.63, 3.8) is 0 Å². The molecule has 0 aliphatic carbocycles. The number of rotatable bonds is 5. The molecule has 112 valence electrons. The quantitative estimate of drug-likeness (QED) is 0.870. The maximum absolute atomic E-state index is 12.0. The van der Waals surface area contributed by atoms with Crippen LogP contribution in [0, 0.1) is 0 Å². The van der Waals surface area contributed by atoms with E-state index in [4.69, 9.17) is 0 Å². The average molecular weight is 285 g/mol. The number of fused-ring (bicyclic) bond motifs is 1. The van der Waals surface area contributed by atoms with Gasteiger partial charge in [-0.15, -0.1) is 0 Å². The van der Waals surface area contributed by atoms with Gasteiger partial charge in [-0.2, -0.15) is 0 Å². The number of quaternary nitrogens is 1. The second-order valence-corrected chi connectivity index (χ2v) is 6.00. The van der Waals surface area contributed by atoms with E-state index in [-0.39, 0.29) is 24.0 Å². The predicted molar refractivity (Wildman–Crippen MR) is 87.0 cm³/mol. The third-order valence-electron chi connectivity index (χ3n) is 3.74. The first-order chi connectivity index (χ1) is 9.99. The molecule has 3 nitrogen and oxygen atoms in total. The summed E-state index contributed by atoms with van der Waals surface area (Å²) in [7, 11) is 0. The molecule has 0 saturated heterocycles. The number of amides is 1. The largest absolute Gasteiger partial charge is 0.349 e. The molecule has 2 aromatic rings. The molecule has 0 aromatic heterocycles. The second kappa shape index (κ2) is 6.72. The van der Waals surface area contributed by atoms with Crippen molar-refractivity contribution in [2.75, 3.05) is 0 Å². The van der Waals surface area contributed by atoms with E-state index in [1.165, 1.54) is 16.3 Å². The Labute approximate surface area is 126 Å². The number of carbonyl (C=O) groups excluding carboxylic acids is 1. The van der Waals surface area contributed by atoms with Gasteiger partial charge in [0.25, 0.3) is 5.91 Å². The van der Waals surface area contributed by atoms with Crippen LogP contribution in [0.25, 0.3) is 10.8 Å². The molecule has 0 aliphatic heterocycles. The summed E-state index contributed by atoms with van der Waals surface area (Å²) in [5.41, 5.74) is 1.28. The first-order valence-electron chi connectivity index (χ1n) is 7.62. The van der Waals surface area contributed by atoms with Gasteiger partial charge in [0.05, 0.1) is 0 Å². The molecule has 3 N–H and O–H groups in total. The summed E-state index contributed by atoms with van der Waals surface area (Å²) in [6.07, 6.45) is 0. The molecule has 3 heteroatoms. The zero-order valence-electron chi connectivity index (χ0n) is 13.3. The smallest absolute Gasteiger partial charge is 0.278 e. The molecule has 0 aliphatic rings. The maximum Gasteiger partial charge on any atom is 0.278 e. The Morgan fingerprint density at radius 2 is 1.67 bits per heavy atom. The zero-order chi connectivity index (χ0) is 15.4. The number of benzene rings is 2. The van der Waals surface area contributed by atoms with Crippen LogP contribution < -0.4 is 10.6 Å². The molecular formula is C18H25N2O+. The minimum atomic E-state index is -0.0960. The third kappa shape index (κ3) is 3.82. The highest BCUT2D eigenvalue weighted by molar-refractivity contribution is 5.86. The lowest BCUT2D eigenvalue weighted by Crippen LogP contribution is -2.92. The van der Waals surface area contributed by atoms with Crippen molar-refractivity contribution in [1.29, 1.82) is 0 Å². The summed E-state index contributed by atoms with van der Waals surface area (Å²) < 4.78 is 0. The van der Waals surface area contributed by atoms with Gasteiger partial charge in [-0.3, -0.25) is 4.79 Å². The molecule has 1 amide bonds. The average Bonchev–Trinajstić information content (AvgIpc) is 2.45. The summed E-state index contributed by atoms with van der Waals surface area (Å²) in [6.45, 7) is 8.08. The van der Waals surface area contributed by atoms with Crippen LogP contribution in [0.1, 0.15) is 39.3 Å². The first-order valence-corrected chi connectivity index (χ1v) is 7.62. The second-order valence-electron chi connectivity index (χ2n) is 6.00. The van der Waals surface area contributed by atoms with E-state index in [2.05, 4.69) is 60.0 Å². The summed E-state index contributed by atoms with van der Waals surface area (Å²) in [6, 6.07) is 15.1. The van der Waals surface area contributed by atoms with Crippen LogP contribution in [-0.2, 0) is 4.79 Å². The number of hydrogen-bond acceptors (Lipinski definition) is 1. The predicted octanol–water partition coefficient (Wildman–Crippen LogP) is 2.38. The standard InChI is InChI=1S/C18H24N2O/c1-12(2)19-18(21)14(4)20-13(3)16-11-7-9-15-8-5-6-10-17(15)16/h5-14,20H,1-4H3,(H,19,21)/p+1/t13-,14+/m1/s1. The molecule has 0 heterocycles. The Morgan fingerprint density at radius 1 is 1.00 bits per heavy atom. The highest BCUT2D eigenvalue weighted by atomic mass is 16.2. The van der Waals surface area contributed by atoms with E-state index in [9.17, 15) is 4.79 Å². The molecule has 0 bridgehead atoms. The van der Waals surface area contributed by atoms with Gasteiger partial charge < -0.3 is 10.6 Å². The molecule has 0 radical (unpaired) electrons. The maximum atomic E-state index is 12.0. The van der Waals surface area contributed by atoms with Crippen LogP contribution >= 0.6 is 0 Å². The third-order valence-corrected chi connectivity index (χ3v) is 3.74. The summed E-state index contributed by atoms with van der Waals surface area (Å²) in [5.74, 6) is 0.0945. The molecule has 2 atom stereocenters. The Bertz CT molecular complexity index is 616. The van der Waals surface area contributed by atoms with Crippen LogP contribution in [0.5, 0.6) is 0 Å². The van der Waals surface area contributed by atoms with Crippen molar-refractivity contribution < 1.29 is 10.1 Å². The van der Waals surface area contributed by atoms with Crippen molar-refractivity contribution in [1.82, 2.24) is 5.32 Å². The number of hydrogen-bond donors (Lipinski definition) is 2. The van der Waals surface area contributed by atoms with E-state index in [0.29, 0.717) is 0 Å². The first kappa shape index (κ1) is 15.5. The van der Waals surface area contributed by atoms with Gasteiger partial charge in [-0.05, 0) is 38.5 Å². The van der Waals surface area contributed by atoms with E-state index < -0.39 is 0 Å². The topological polar surface area (TPSA) is 45.7 Å². The van der Waals surface area contributed by atoms with Gasteiger partial charge in [-0.1, -0.05) is 42.5 Å². The summed E-state index contributed by atoms with van der Waals surface area (Å²) in [5, 5.41) is 7.60. The Balaban J connectivity index is 2.15. The minimum absolute atomic E-state index is 0.0945. The van der Waals surface area contributed by atoms with Crippen molar-refractivity contribution in [3.8, 4) is 0 Å². The molecular weight excluding hydrogens is 260 g/mol. The molecule has 0 fully saturated rings. The number of nitrogens with one attached hydrogen (secondary N) is 1. The van der Waals surface area contributed by atoms with Crippen LogP contribution in [-0.4, -0.2) is 18.0 Å². The fourth-order valence-corrected chi connectivity index (χ4v) is 2.69. The van der Waals surface area contributed by atoms with Crippen molar-refractivity contribution >= 4 is 16.7 Å². The zero-order valence-corrected chi connectivity index (χ0v) is 13.3. The summed E-state index contributed by atoms with van der Waals surface area (Å²) in [4.78, 5) is 12.0. The van der Waals surface area contributed by atoms with Gasteiger partial charge in [0.15, 0.2) is 6.04 Å². The monoisotopic (exact) mass is 285 g/mol. The number of carbonyl (C=O) groups is 1. The normalized spacial score (nSPS) is 14.1. The van der Waals surface area contributed by atoms with Gasteiger partial charge in [0, 0.05) is 11.6 Å². The van der Waals surface area contributed by atoms with Gasteiger partial charge in [-0.25, -0.2) is 0 Å². The Kier molecular flexibility index (Phi) is 4.97. The van der Waals surface area contributed by atoms with Crippen LogP contribution in [0.4, 0.5) is 0 Å². The number of nitrogens with two attached hydrogens (primary N) is 1. The molecule has 0 spiro atoms. The molecule has 21 heavy (non-hydrogen) atoms. The fraction of sp³-hybridized carbons (Fsp3) is 0.389. The van der Waals surface area contributed by atoms with Gasteiger partial charge in [0.2, 0.25) is 0 Å². The van der Waals surface area contributed by atoms with E-state index in [0.717, 1.165) is 0 Å². The SMILES string of the molecule is CC(C)NC(=O)[C@H](C)[NH2+][C@H](C)c1cccc2ccccc12. The van der Waals surface area contributed by atoms with Crippen LogP contribution in [0.2, 0.25) is 0 Å². The molecule has 0 unspecified atom stereocenters. The lowest BCUT2D eigenvalue weighted by atomic mass is 9.99. The van der Waals surface area contributed by atoms with Crippen LogP contribution in [0.3, 0.4) is 0 Å². The lowest BCUT2D eigenvalue weighted by Gasteiger charge is -2.19. The Hall–Kier alpha value is -1.87. The highest BCUT2D eigenvalue weighted by Gasteiger charge is 2.21. The van der Waals surface area contributed by atoms with Gasteiger partial charge in [0.1, 0.15) is 6.04 Å². The van der Waals surface area contributed by atoms with Crippen molar-refractivity contribution in [2.24, 2.45) is 0 Å². The van der Waals surface area contributed by atoms with Gasteiger partial charge >= 0.3 is 0 Å². The van der Waals surface area contributed by atoms with Crippen LogP contribution in [0.15, 0.2) is 42.5 Å². The molecule has 2 aromatic carbocycles. The van der Waals surface area contributed by atoms with Crippen molar-refractivity contribution in [2.45, 2.75) is 45.8 Å². The van der Waals surface area contributed by atoms with E-state index in [1.54, 1.807) is 0 Å². The molecule has 0 saturated carbocycles. The minimum Gasteiger partial charge on any atom is -0.349 e. The van der Waals surface area contributed by atoms with Crippen molar-refractivity contribution in [3.05, 3.63) is 48.0 Å². The lowest BCUT2D eigenvalue weighted by molar-refractivity contribution is -0.710. The summed E-state index contributed by atoms with van der Waals surface area (Å²) >= 11 is 0. The highest BCUT2D eigenvalue weighted by Crippen LogP contribution is 2.22. The Morgan fingerprint density at radius 3 is 2.38 bits per heavy atom.